The van der Waals surface area contributed by atoms with Gasteiger partial charge in [0.05, 0.1) is 18.6 Å². The van der Waals surface area contributed by atoms with Gasteiger partial charge in [0.15, 0.2) is 6.29 Å². The smallest absolute Gasteiger partial charge is 0.161 e. The molecule has 2 nitrogen and oxygen atoms in total. The maximum atomic E-state index is 5.99. The van der Waals surface area contributed by atoms with E-state index in [2.05, 4.69) is 20.8 Å². The molecule has 3 heteroatoms. The Bertz CT molecular complexity index is 402. The average molecular weight is 299 g/mol. The van der Waals surface area contributed by atoms with E-state index in [1.165, 1.54) is 25.7 Å². The van der Waals surface area contributed by atoms with E-state index in [-0.39, 0.29) is 12.4 Å². The van der Waals surface area contributed by atoms with Crippen LogP contribution in [0.5, 0.6) is 0 Å². The minimum Gasteiger partial charge on any atom is -0.350 e. The number of allylic oxidation sites excluding steroid dienone is 2. The summed E-state index contributed by atoms with van der Waals surface area (Å²) in [4.78, 5) is 0. The summed E-state index contributed by atoms with van der Waals surface area (Å²) in [5.74, 6) is 1.69. The summed E-state index contributed by atoms with van der Waals surface area (Å²) >= 11 is 5.89. The van der Waals surface area contributed by atoms with Crippen LogP contribution >= 0.6 is 11.6 Å². The van der Waals surface area contributed by atoms with Crippen LogP contribution in [0.15, 0.2) is 11.1 Å². The van der Waals surface area contributed by atoms with Crippen molar-refractivity contribution in [2.45, 2.75) is 65.3 Å². The van der Waals surface area contributed by atoms with Gasteiger partial charge in [0, 0.05) is 5.92 Å². The first-order chi connectivity index (χ1) is 9.51. The first-order valence-electron chi connectivity index (χ1n) is 8.05. The fourth-order valence-corrected chi connectivity index (χ4v) is 4.45. The second kappa shape index (κ2) is 5.62. The third-order valence-corrected chi connectivity index (χ3v) is 5.90. The fraction of sp³-hybridized carbons (Fsp3) is 0.882. The molecule has 1 aliphatic heterocycles. The van der Waals surface area contributed by atoms with E-state index < -0.39 is 0 Å². The van der Waals surface area contributed by atoms with Crippen molar-refractivity contribution in [3.8, 4) is 0 Å². The molecule has 2 aliphatic carbocycles. The molecule has 3 rings (SSSR count). The highest BCUT2D eigenvalue weighted by Crippen LogP contribution is 2.50. The molecule has 0 saturated carbocycles. The molecule has 1 saturated heterocycles. The van der Waals surface area contributed by atoms with Crippen molar-refractivity contribution in [2.75, 3.05) is 12.5 Å². The summed E-state index contributed by atoms with van der Waals surface area (Å²) < 4.78 is 11.9. The SMILES string of the molecule is C[C@@H]1CC2=C(C[C@H]1[C@@H]1OC[C@H](CCl)O1)C(C)(C)CCC2. The van der Waals surface area contributed by atoms with E-state index >= 15 is 0 Å². The standard InChI is InChI=1S/C17H27ClO2/c1-11-7-12-5-4-6-17(2,3)15(12)8-14(11)16-19-10-13(9-18)20-16/h11,13-14,16H,4-10H2,1-3H3/t11-,13+,14-,16-/m1/s1. The molecular formula is C17H27ClO2. The van der Waals surface area contributed by atoms with Gasteiger partial charge in [-0.05, 0) is 43.4 Å². The molecule has 4 atom stereocenters. The van der Waals surface area contributed by atoms with Crippen molar-refractivity contribution < 1.29 is 9.47 Å². The highest BCUT2D eigenvalue weighted by atomic mass is 35.5. The zero-order chi connectivity index (χ0) is 14.3. The molecule has 0 aromatic carbocycles. The molecule has 0 radical (unpaired) electrons. The molecule has 0 bridgehead atoms. The molecule has 1 fully saturated rings. The van der Waals surface area contributed by atoms with E-state index in [4.69, 9.17) is 21.1 Å². The zero-order valence-electron chi connectivity index (χ0n) is 13.0. The predicted octanol–water partition coefficient (Wildman–Crippen LogP) is 4.52. The van der Waals surface area contributed by atoms with Crippen LogP contribution in [0.1, 0.15) is 52.9 Å². The summed E-state index contributed by atoms with van der Waals surface area (Å²) in [6, 6.07) is 0. The summed E-state index contributed by atoms with van der Waals surface area (Å²) in [5.41, 5.74) is 3.81. The van der Waals surface area contributed by atoms with Crippen molar-refractivity contribution in [1.29, 1.82) is 0 Å². The lowest BCUT2D eigenvalue weighted by Crippen LogP contribution is -2.36. The van der Waals surface area contributed by atoms with Gasteiger partial charge in [0.2, 0.25) is 0 Å². The van der Waals surface area contributed by atoms with Crippen LogP contribution in [0.2, 0.25) is 0 Å². The molecule has 0 aromatic rings. The zero-order valence-corrected chi connectivity index (χ0v) is 13.7. The van der Waals surface area contributed by atoms with E-state index in [1.54, 1.807) is 11.1 Å². The number of halogens is 1. The Labute approximate surface area is 127 Å². The van der Waals surface area contributed by atoms with Gasteiger partial charge in [-0.25, -0.2) is 0 Å². The van der Waals surface area contributed by atoms with Crippen LogP contribution in [0.4, 0.5) is 0 Å². The predicted molar refractivity (Wildman–Crippen MR) is 81.9 cm³/mol. The summed E-state index contributed by atoms with van der Waals surface area (Å²) in [7, 11) is 0. The fourth-order valence-electron chi connectivity index (χ4n) is 4.29. The lowest BCUT2D eigenvalue weighted by Gasteiger charge is -2.44. The van der Waals surface area contributed by atoms with Gasteiger partial charge in [-0.2, -0.15) is 0 Å². The number of alkyl halides is 1. The van der Waals surface area contributed by atoms with E-state index in [1.807, 2.05) is 0 Å². The van der Waals surface area contributed by atoms with Crippen LogP contribution < -0.4 is 0 Å². The number of hydrogen-bond acceptors (Lipinski definition) is 2. The lowest BCUT2D eigenvalue weighted by molar-refractivity contribution is -0.110. The molecule has 3 aliphatic rings. The summed E-state index contributed by atoms with van der Waals surface area (Å²) in [5, 5.41) is 0. The molecule has 20 heavy (non-hydrogen) atoms. The van der Waals surface area contributed by atoms with Gasteiger partial charge in [-0.15, -0.1) is 11.6 Å². The molecule has 0 spiro atoms. The highest BCUT2D eigenvalue weighted by Gasteiger charge is 2.42. The van der Waals surface area contributed by atoms with Crippen LogP contribution in [0.25, 0.3) is 0 Å². The van der Waals surface area contributed by atoms with Crippen LogP contribution in [0.3, 0.4) is 0 Å². The Morgan fingerprint density at radius 3 is 2.80 bits per heavy atom. The van der Waals surface area contributed by atoms with Gasteiger partial charge in [-0.3, -0.25) is 0 Å². The van der Waals surface area contributed by atoms with Crippen LogP contribution in [0, 0.1) is 17.3 Å². The normalized spacial score (nSPS) is 40.8. The number of rotatable bonds is 2. The largest absolute Gasteiger partial charge is 0.350 e. The highest BCUT2D eigenvalue weighted by molar-refractivity contribution is 6.18. The maximum Gasteiger partial charge on any atom is 0.161 e. The van der Waals surface area contributed by atoms with Gasteiger partial charge in [0.25, 0.3) is 0 Å². The minimum absolute atomic E-state index is 0.0412. The molecule has 0 unspecified atom stereocenters. The second-order valence-corrected chi connectivity index (χ2v) is 7.79. The molecule has 114 valence electrons. The monoisotopic (exact) mass is 298 g/mol. The summed E-state index contributed by atoms with van der Waals surface area (Å²) in [6.07, 6.45) is 6.43. The van der Waals surface area contributed by atoms with Gasteiger partial charge < -0.3 is 9.47 Å². The minimum atomic E-state index is -0.0412. The third kappa shape index (κ3) is 2.67. The Balaban J connectivity index is 1.77. The van der Waals surface area contributed by atoms with Gasteiger partial charge in [-0.1, -0.05) is 31.9 Å². The van der Waals surface area contributed by atoms with E-state index in [0.717, 1.165) is 6.42 Å². The van der Waals surface area contributed by atoms with Crippen LogP contribution in [-0.2, 0) is 9.47 Å². The first kappa shape index (κ1) is 14.9. The first-order valence-corrected chi connectivity index (χ1v) is 8.59. The van der Waals surface area contributed by atoms with Crippen LogP contribution in [-0.4, -0.2) is 24.9 Å². The van der Waals surface area contributed by atoms with E-state index in [0.29, 0.717) is 29.7 Å². The Morgan fingerprint density at radius 1 is 1.30 bits per heavy atom. The Hall–Kier alpha value is -0.0500. The number of ether oxygens (including phenoxy) is 2. The van der Waals surface area contributed by atoms with Gasteiger partial charge in [0.1, 0.15) is 0 Å². The maximum absolute atomic E-state index is 5.99. The summed E-state index contributed by atoms with van der Waals surface area (Å²) in [6.45, 7) is 7.84. The third-order valence-electron chi connectivity index (χ3n) is 5.56. The average Bonchev–Trinajstić information content (AvgIpc) is 2.86. The lowest BCUT2D eigenvalue weighted by atomic mass is 9.63. The molecule has 1 heterocycles. The quantitative estimate of drug-likeness (QED) is 0.551. The molecule has 0 aromatic heterocycles. The van der Waals surface area contributed by atoms with E-state index in [9.17, 15) is 0 Å². The molecular weight excluding hydrogens is 272 g/mol. The van der Waals surface area contributed by atoms with Crippen molar-refractivity contribution >= 4 is 11.6 Å². The Kier molecular flexibility index (Phi) is 4.18. The topological polar surface area (TPSA) is 18.5 Å². The van der Waals surface area contributed by atoms with Crippen molar-refractivity contribution in [2.24, 2.45) is 17.3 Å². The van der Waals surface area contributed by atoms with Crippen molar-refractivity contribution in [1.82, 2.24) is 0 Å². The van der Waals surface area contributed by atoms with Crippen molar-refractivity contribution in [3.05, 3.63) is 11.1 Å². The second-order valence-electron chi connectivity index (χ2n) is 7.48. The Morgan fingerprint density at radius 2 is 2.10 bits per heavy atom. The number of hydrogen-bond donors (Lipinski definition) is 0. The van der Waals surface area contributed by atoms with Gasteiger partial charge >= 0.3 is 0 Å². The molecule has 0 N–H and O–H groups in total. The molecule has 0 amide bonds. The van der Waals surface area contributed by atoms with Crippen molar-refractivity contribution in [3.63, 3.8) is 0 Å².